The molecular formula is C41H38N4. The second-order valence-corrected chi connectivity index (χ2v) is 11.8. The molecule has 0 unspecified atom stereocenters. The fourth-order valence-corrected chi connectivity index (χ4v) is 6.21. The van der Waals surface area contributed by atoms with Gasteiger partial charge < -0.3 is 0 Å². The normalized spacial score (nSPS) is 13.7. The number of hydrogen-bond donors (Lipinski definition) is 2. The summed E-state index contributed by atoms with van der Waals surface area (Å²) in [5.41, 5.74) is 22.2. The first kappa shape index (κ1) is 28.6. The van der Waals surface area contributed by atoms with Crippen LogP contribution in [0, 0.1) is 20.8 Å². The first-order valence-corrected chi connectivity index (χ1v) is 15.6. The van der Waals surface area contributed by atoms with Crippen molar-refractivity contribution < 1.29 is 0 Å². The molecular weight excluding hydrogens is 548 g/mol. The van der Waals surface area contributed by atoms with Crippen LogP contribution < -0.4 is 20.9 Å². The van der Waals surface area contributed by atoms with E-state index in [0.29, 0.717) is 6.67 Å². The van der Waals surface area contributed by atoms with Crippen LogP contribution in [0.25, 0.3) is 33.4 Å². The fraction of sp³-hybridized carbons (Fsp3) is 0.122. The molecule has 4 heteroatoms. The highest BCUT2D eigenvalue weighted by Gasteiger charge is 2.26. The van der Waals surface area contributed by atoms with E-state index in [1.165, 1.54) is 50.1 Å². The van der Waals surface area contributed by atoms with E-state index in [-0.39, 0.29) is 6.17 Å². The molecule has 0 aliphatic carbocycles. The number of rotatable bonds is 6. The summed E-state index contributed by atoms with van der Waals surface area (Å²) >= 11 is 0. The highest BCUT2D eigenvalue weighted by molar-refractivity contribution is 5.71. The van der Waals surface area contributed by atoms with Crippen LogP contribution in [-0.4, -0.2) is 6.67 Å². The summed E-state index contributed by atoms with van der Waals surface area (Å²) in [6, 6.07) is 52.2. The molecule has 0 saturated carbocycles. The Balaban J connectivity index is 1.19. The van der Waals surface area contributed by atoms with E-state index in [2.05, 4.69) is 187 Å². The number of aryl methyl sites for hydroxylation is 3. The van der Waals surface area contributed by atoms with Gasteiger partial charge in [-0.25, -0.2) is 10.9 Å². The van der Waals surface area contributed by atoms with Gasteiger partial charge in [-0.3, -0.25) is 10.0 Å². The first-order chi connectivity index (χ1) is 22.0. The van der Waals surface area contributed by atoms with Gasteiger partial charge in [0.15, 0.2) is 0 Å². The van der Waals surface area contributed by atoms with Crippen molar-refractivity contribution in [2.24, 2.45) is 0 Å². The Morgan fingerprint density at radius 1 is 0.422 bits per heavy atom. The molecule has 0 radical (unpaired) electrons. The van der Waals surface area contributed by atoms with Crippen molar-refractivity contribution in [3.63, 3.8) is 0 Å². The first-order valence-electron chi connectivity index (χ1n) is 15.6. The van der Waals surface area contributed by atoms with Crippen LogP contribution in [0.4, 0.5) is 11.4 Å². The van der Waals surface area contributed by atoms with Crippen LogP contribution in [0.2, 0.25) is 0 Å². The number of hydrogen-bond acceptors (Lipinski definition) is 4. The molecule has 4 nitrogen and oxygen atoms in total. The standard InChI is InChI=1S/C41H38N4/c1-29-10-4-7-13-38(29)32-16-18-35(19-17-32)41-42-44(36-24-20-33(21-25-36)39-14-8-5-11-30(39)2)28-45(43-41)37-26-22-34(23-27-37)40-15-9-6-12-31(40)3/h4-27,41-43H,28H2,1-3H3. The van der Waals surface area contributed by atoms with Crippen molar-refractivity contribution in [2.75, 3.05) is 16.7 Å². The zero-order valence-corrected chi connectivity index (χ0v) is 26.0. The maximum atomic E-state index is 3.75. The lowest BCUT2D eigenvalue weighted by molar-refractivity contribution is 0.348. The molecule has 0 spiro atoms. The zero-order valence-electron chi connectivity index (χ0n) is 26.0. The number of benzene rings is 6. The lowest BCUT2D eigenvalue weighted by atomic mass is 9.99. The van der Waals surface area contributed by atoms with E-state index in [1.54, 1.807) is 0 Å². The largest absolute Gasteiger partial charge is 0.286 e. The number of anilines is 2. The Kier molecular flexibility index (Phi) is 7.91. The van der Waals surface area contributed by atoms with E-state index in [0.717, 1.165) is 16.9 Å². The van der Waals surface area contributed by atoms with Crippen molar-refractivity contribution in [3.05, 3.63) is 168 Å². The predicted molar refractivity (Wildman–Crippen MR) is 189 cm³/mol. The van der Waals surface area contributed by atoms with Crippen molar-refractivity contribution in [1.82, 2.24) is 10.9 Å². The number of nitrogens with one attached hydrogen (secondary N) is 2. The van der Waals surface area contributed by atoms with Gasteiger partial charge in [0.05, 0.1) is 11.4 Å². The molecule has 0 bridgehead atoms. The summed E-state index contributed by atoms with van der Waals surface area (Å²) in [4.78, 5) is 0. The molecule has 1 aliphatic rings. The quantitative estimate of drug-likeness (QED) is 0.203. The van der Waals surface area contributed by atoms with Crippen LogP contribution in [0.15, 0.2) is 146 Å². The van der Waals surface area contributed by atoms with Crippen LogP contribution in [0.5, 0.6) is 0 Å². The van der Waals surface area contributed by atoms with E-state index >= 15 is 0 Å². The van der Waals surface area contributed by atoms with Gasteiger partial charge in [0, 0.05) is 0 Å². The SMILES string of the molecule is Cc1ccccc1-c1ccc(C2NN(c3ccc(-c4ccccc4C)cc3)CN(c3ccc(-c4ccccc4C)cc3)N2)cc1. The maximum absolute atomic E-state index is 3.75. The minimum atomic E-state index is -0.128. The third-order valence-corrected chi connectivity index (χ3v) is 8.82. The molecule has 45 heavy (non-hydrogen) atoms. The lowest BCUT2D eigenvalue weighted by Crippen LogP contribution is -2.62. The summed E-state index contributed by atoms with van der Waals surface area (Å²) < 4.78 is 0. The molecule has 1 fully saturated rings. The van der Waals surface area contributed by atoms with Crippen molar-refractivity contribution in [1.29, 1.82) is 0 Å². The molecule has 1 aliphatic heterocycles. The van der Waals surface area contributed by atoms with Crippen LogP contribution in [0.1, 0.15) is 28.4 Å². The van der Waals surface area contributed by atoms with Gasteiger partial charge in [0.1, 0.15) is 12.8 Å². The van der Waals surface area contributed by atoms with E-state index in [1.807, 2.05) is 0 Å². The second kappa shape index (κ2) is 12.4. The van der Waals surface area contributed by atoms with Gasteiger partial charge in [0.25, 0.3) is 0 Å². The summed E-state index contributed by atoms with van der Waals surface area (Å²) in [7, 11) is 0. The molecule has 0 aromatic heterocycles. The number of hydrazine groups is 2. The molecule has 0 atom stereocenters. The highest BCUT2D eigenvalue weighted by Crippen LogP contribution is 2.31. The minimum Gasteiger partial charge on any atom is -0.286 e. The second-order valence-electron chi connectivity index (χ2n) is 11.8. The molecule has 1 saturated heterocycles. The Bertz CT molecular complexity index is 1680. The monoisotopic (exact) mass is 586 g/mol. The van der Waals surface area contributed by atoms with Crippen molar-refractivity contribution in [2.45, 2.75) is 26.9 Å². The molecule has 6 aromatic carbocycles. The minimum absolute atomic E-state index is 0.128. The predicted octanol–water partition coefficient (Wildman–Crippen LogP) is 9.60. The van der Waals surface area contributed by atoms with Crippen LogP contribution in [0.3, 0.4) is 0 Å². The summed E-state index contributed by atoms with van der Waals surface area (Å²) in [6.45, 7) is 7.12. The van der Waals surface area contributed by atoms with Gasteiger partial charge in [0.2, 0.25) is 0 Å². The molecule has 222 valence electrons. The Morgan fingerprint density at radius 3 is 1.11 bits per heavy atom. The van der Waals surface area contributed by atoms with Crippen LogP contribution in [-0.2, 0) is 0 Å². The Hall–Kier alpha value is -5.16. The molecule has 6 aromatic rings. The topological polar surface area (TPSA) is 30.5 Å². The average Bonchev–Trinajstić information content (AvgIpc) is 3.09. The van der Waals surface area contributed by atoms with Crippen LogP contribution >= 0.6 is 0 Å². The summed E-state index contributed by atoms with van der Waals surface area (Å²) in [5, 5.41) is 4.46. The highest BCUT2D eigenvalue weighted by atomic mass is 15.7. The third-order valence-electron chi connectivity index (χ3n) is 8.82. The van der Waals surface area contributed by atoms with Gasteiger partial charge in [-0.15, -0.1) is 0 Å². The van der Waals surface area contributed by atoms with E-state index in [4.69, 9.17) is 0 Å². The molecule has 7 rings (SSSR count). The van der Waals surface area contributed by atoms with Gasteiger partial charge in [-0.05, 0) is 101 Å². The van der Waals surface area contributed by atoms with Gasteiger partial charge >= 0.3 is 0 Å². The summed E-state index contributed by atoms with van der Waals surface area (Å²) in [5.74, 6) is 0. The van der Waals surface area contributed by atoms with E-state index in [9.17, 15) is 0 Å². The summed E-state index contributed by atoms with van der Waals surface area (Å²) in [6.07, 6.45) is -0.128. The average molecular weight is 587 g/mol. The lowest BCUT2D eigenvalue weighted by Gasteiger charge is -2.44. The van der Waals surface area contributed by atoms with Crippen molar-refractivity contribution >= 4 is 11.4 Å². The molecule has 1 heterocycles. The van der Waals surface area contributed by atoms with Gasteiger partial charge in [-0.1, -0.05) is 121 Å². The van der Waals surface area contributed by atoms with Gasteiger partial charge in [-0.2, -0.15) is 0 Å². The third kappa shape index (κ3) is 5.99. The van der Waals surface area contributed by atoms with Crippen molar-refractivity contribution in [3.8, 4) is 33.4 Å². The maximum Gasteiger partial charge on any atom is 0.120 e. The Morgan fingerprint density at radius 2 is 0.756 bits per heavy atom. The number of nitrogens with zero attached hydrogens (tertiary/aromatic N) is 2. The Labute approximate surface area is 266 Å². The molecule has 0 amide bonds. The molecule has 2 N–H and O–H groups in total. The fourth-order valence-electron chi connectivity index (χ4n) is 6.21. The smallest absolute Gasteiger partial charge is 0.120 e. The van der Waals surface area contributed by atoms with E-state index < -0.39 is 0 Å². The zero-order chi connectivity index (χ0) is 30.8.